The molecule has 5 heteroatoms. The number of anilines is 1. The van der Waals surface area contributed by atoms with Crippen LogP contribution in [0, 0.1) is 5.92 Å². The Balaban J connectivity index is 1.75. The highest BCUT2D eigenvalue weighted by molar-refractivity contribution is 5.92. The number of carbonyl (C=O) groups is 1. The molecular formula is C15H24N4O. The van der Waals surface area contributed by atoms with Gasteiger partial charge in [0.05, 0.1) is 0 Å². The van der Waals surface area contributed by atoms with Crippen molar-refractivity contribution < 1.29 is 4.79 Å². The Morgan fingerprint density at radius 1 is 1.40 bits per heavy atom. The van der Waals surface area contributed by atoms with E-state index in [4.69, 9.17) is 0 Å². The molecular weight excluding hydrogens is 252 g/mol. The zero-order valence-electron chi connectivity index (χ0n) is 12.4. The van der Waals surface area contributed by atoms with Gasteiger partial charge in [-0.3, -0.25) is 4.79 Å². The molecule has 5 nitrogen and oxygen atoms in total. The maximum Gasteiger partial charge on any atom is 0.274 e. The number of rotatable bonds is 2. The first-order chi connectivity index (χ1) is 9.66. The standard InChI is InChI=1S/C15H24N4O/c1-11-6-3-4-7-13(11)18(2)14(20)12-10-19-9-5-8-16-15(19)17-12/h10-11,13H,3-9H2,1-2H3,(H,16,17). The number of nitrogens with zero attached hydrogens (tertiary/aromatic N) is 3. The van der Waals surface area contributed by atoms with Crippen LogP contribution in [0.3, 0.4) is 0 Å². The molecule has 0 aromatic carbocycles. The molecule has 0 bridgehead atoms. The molecule has 1 amide bonds. The lowest BCUT2D eigenvalue weighted by Crippen LogP contribution is -2.42. The van der Waals surface area contributed by atoms with Gasteiger partial charge in [0.2, 0.25) is 5.95 Å². The van der Waals surface area contributed by atoms with Crippen molar-refractivity contribution in [3.8, 4) is 0 Å². The van der Waals surface area contributed by atoms with Crippen LogP contribution in [-0.2, 0) is 6.54 Å². The number of fused-ring (bicyclic) bond motifs is 1. The third kappa shape index (κ3) is 2.41. The SMILES string of the molecule is CC1CCCCC1N(C)C(=O)c1cn2c(n1)NCCC2. The van der Waals surface area contributed by atoms with Crippen molar-refractivity contribution in [2.75, 3.05) is 18.9 Å². The van der Waals surface area contributed by atoms with Gasteiger partial charge in [0.15, 0.2) is 0 Å². The van der Waals surface area contributed by atoms with E-state index in [1.54, 1.807) is 0 Å². The van der Waals surface area contributed by atoms with Crippen molar-refractivity contribution in [2.24, 2.45) is 5.92 Å². The number of imidazole rings is 1. The zero-order chi connectivity index (χ0) is 14.1. The molecule has 1 aromatic rings. The Hall–Kier alpha value is -1.52. The summed E-state index contributed by atoms with van der Waals surface area (Å²) < 4.78 is 2.05. The smallest absolute Gasteiger partial charge is 0.274 e. The predicted molar refractivity (Wildman–Crippen MR) is 78.8 cm³/mol. The molecule has 1 fully saturated rings. The molecule has 1 aromatic heterocycles. The van der Waals surface area contributed by atoms with E-state index in [0.717, 1.165) is 31.9 Å². The van der Waals surface area contributed by atoms with Crippen molar-refractivity contribution in [3.05, 3.63) is 11.9 Å². The van der Waals surface area contributed by atoms with Crippen molar-refractivity contribution in [2.45, 2.75) is 51.6 Å². The van der Waals surface area contributed by atoms with Gasteiger partial charge in [-0.1, -0.05) is 19.8 Å². The van der Waals surface area contributed by atoms with E-state index in [9.17, 15) is 4.79 Å². The van der Waals surface area contributed by atoms with Gasteiger partial charge in [0.25, 0.3) is 5.91 Å². The highest BCUT2D eigenvalue weighted by Crippen LogP contribution is 2.28. The number of carbonyl (C=O) groups excluding carboxylic acids is 1. The summed E-state index contributed by atoms with van der Waals surface area (Å²) in [6.45, 7) is 4.15. The number of hydrogen-bond donors (Lipinski definition) is 1. The Morgan fingerprint density at radius 3 is 2.95 bits per heavy atom. The summed E-state index contributed by atoms with van der Waals surface area (Å²) in [4.78, 5) is 19.0. The third-order valence-corrected chi connectivity index (χ3v) is 4.74. The van der Waals surface area contributed by atoms with E-state index in [2.05, 4.69) is 21.8 Å². The quantitative estimate of drug-likeness (QED) is 0.902. The Labute approximate surface area is 120 Å². The molecule has 1 aliphatic heterocycles. The average molecular weight is 276 g/mol. The van der Waals surface area contributed by atoms with E-state index < -0.39 is 0 Å². The van der Waals surface area contributed by atoms with Gasteiger partial charge < -0.3 is 14.8 Å². The van der Waals surface area contributed by atoms with Crippen molar-refractivity contribution >= 4 is 11.9 Å². The van der Waals surface area contributed by atoms with E-state index in [1.165, 1.54) is 19.3 Å². The minimum Gasteiger partial charge on any atom is -0.356 e. The second-order valence-corrected chi connectivity index (χ2v) is 6.17. The van der Waals surface area contributed by atoms with Gasteiger partial charge in [0, 0.05) is 32.4 Å². The minimum atomic E-state index is 0.0625. The van der Waals surface area contributed by atoms with Gasteiger partial charge in [-0.25, -0.2) is 4.98 Å². The van der Waals surface area contributed by atoms with Gasteiger partial charge in [-0.05, 0) is 25.2 Å². The molecule has 2 atom stereocenters. The number of hydrogen-bond acceptors (Lipinski definition) is 3. The maximum absolute atomic E-state index is 12.6. The van der Waals surface area contributed by atoms with Crippen LogP contribution < -0.4 is 5.32 Å². The van der Waals surface area contributed by atoms with Crippen LogP contribution in [-0.4, -0.2) is 40.0 Å². The van der Waals surface area contributed by atoms with Crippen LogP contribution in [0.1, 0.15) is 49.5 Å². The molecule has 0 saturated heterocycles. The summed E-state index contributed by atoms with van der Waals surface area (Å²) in [6.07, 6.45) is 7.86. The Morgan fingerprint density at radius 2 is 2.20 bits per heavy atom. The third-order valence-electron chi connectivity index (χ3n) is 4.74. The van der Waals surface area contributed by atoms with Gasteiger partial charge >= 0.3 is 0 Å². The largest absolute Gasteiger partial charge is 0.356 e. The fourth-order valence-corrected chi connectivity index (χ4v) is 3.48. The second-order valence-electron chi connectivity index (χ2n) is 6.17. The summed E-state index contributed by atoms with van der Waals surface area (Å²) in [5.41, 5.74) is 0.578. The molecule has 0 spiro atoms. The van der Waals surface area contributed by atoms with E-state index >= 15 is 0 Å². The summed E-state index contributed by atoms with van der Waals surface area (Å²) in [5.74, 6) is 1.49. The van der Waals surface area contributed by atoms with Crippen LogP contribution in [0.25, 0.3) is 0 Å². The molecule has 110 valence electrons. The molecule has 0 radical (unpaired) electrons. The normalized spacial score (nSPS) is 25.7. The minimum absolute atomic E-state index is 0.0625. The Kier molecular flexibility index (Phi) is 3.68. The fraction of sp³-hybridized carbons (Fsp3) is 0.733. The first kappa shape index (κ1) is 13.5. The molecule has 1 N–H and O–H groups in total. The van der Waals surface area contributed by atoms with E-state index in [-0.39, 0.29) is 5.91 Å². The molecule has 2 heterocycles. The molecule has 3 rings (SSSR count). The lowest BCUT2D eigenvalue weighted by molar-refractivity contribution is 0.0623. The fourth-order valence-electron chi connectivity index (χ4n) is 3.48. The number of aryl methyl sites for hydroxylation is 1. The molecule has 20 heavy (non-hydrogen) atoms. The van der Waals surface area contributed by atoms with Crippen LogP contribution >= 0.6 is 0 Å². The molecule has 2 aliphatic rings. The Bertz CT molecular complexity index is 473. The lowest BCUT2D eigenvalue weighted by Gasteiger charge is -2.35. The highest BCUT2D eigenvalue weighted by atomic mass is 16.2. The molecule has 1 saturated carbocycles. The van der Waals surface area contributed by atoms with Crippen molar-refractivity contribution in [1.29, 1.82) is 0 Å². The summed E-state index contributed by atoms with van der Waals surface area (Å²) in [7, 11) is 1.93. The average Bonchev–Trinajstić information content (AvgIpc) is 2.90. The predicted octanol–water partition coefficient (Wildman–Crippen LogP) is 2.35. The van der Waals surface area contributed by atoms with E-state index in [0.29, 0.717) is 17.7 Å². The molecule has 1 aliphatic carbocycles. The number of nitrogens with one attached hydrogen (secondary N) is 1. The highest BCUT2D eigenvalue weighted by Gasteiger charge is 2.29. The van der Waals surface area contributed by atoms with Gasteiger partial charge in [0.1, 0.15) is 5.69 Å². The van der Waals surface area contributed by atoms with Crippen molar-refractivity contribution in [1.82, 2.24) is 14.5 Å². The van der Waals surface area contributed by atoms with E-state index in [1.807, 2.05) is 18.1 Å². The van der Waals surface area contributed by atoms with Gasteiger partial charge in [-0.15, -0.1) is 0 Å². The summed E-state index contributed by atoms with van der Waals surface area (Å²) in [5, 5.41) is 3.25. The van der Waals surface area contributed by atoms with Crippen molar-refractivity contribution in [3.63, 3.8) is 0 Å². The zero-order valence-corrected chi connectivity index (χ0v) is 12.4. The topological polar surface area (TPSA) is 50.2 Å². The first-order valence-corrected chi connectivity index (χ1v) is 7.75. The monoisotopic (exact) mass is 276 g/mol. The number of aromatic nitrogens is 2. The summed E-state index contributed by atoms with van der Waals surface area (Å²) in [6, 6.07) is 0.364. The van der Waals surface area contributed by atoms with Crippen LogP contribution in [0.2, 0.25) is 0 Å². The maximum atomic E-state index is 12.6. The first-order valence-electron chi connectivity index (χ1n) is 7.75. The van der Waals surface area contributed by atoms with Crippen LogP contribution in [0.15, 0.2) is 6.20 Å². The summed E-state index contributed by atoms with van der Waals surface area (Å²) >= 11 is 0. The lowest BCUT2D eigenvalue weighted by atomic mass is 9.85. The second kappa shape index (κ2) is 5.46. The van der Waals surface area contributed by atoms with Gasteiger partial charge in [-0.2, -0.15) is 0 Å². The van der Waals surface area contributed by atoms with Crippen LogP contribution in [0.4, 0.5) is 5.95 Å². The van der Waals surface area contributed by atoms with Crippen LogP contribution in [0.5, 0.6) is 0 Å². The molecule has 2 unspecified atom stereocenters. The number of amides is 1.